The first-order chi connectivity index (χ1) is 13.6. The Bertz CT molecular complexity index is 1030. The summed E-state index contributed by atoms with van der Waals surface area (Å²) in [5.41, 5.74) is 0.286. The Morgan fingerprint density at radius 3 is 2.96 bits per heavy atom. The zero-order valence-corrected chi connectivity index (χ0v) is 14.8. The van der Waals surface area contributed by atoms with Crippen molar-refractivity contribution in [3.63, 3.8) is 0 Å². The molecule has 0 amide bonds. The van der Waals surface area contributed by atoms with Gasteiger partial charge in [-0.3, -0.25) is 4.57 Å². The predicted molar refractivity (Wildman–Crippen MR) is 96.8 cm³/mol. The summed E-state index contributed by atoms with van der Waals surface area (Å²) in [6, 6.07) is 8.70. The van der Waals surface area contributed by atoms with Gasteiger partial charge in [0.05, 0.1) is 18.1 Å². The van der Waals surface area contributed by atoms with Crippen molar-refractivity contribution in [3.05, 3.63) is 47.0 Å². The van der Waals surface area contributed by atoms with Gasteiger partial charge in [-0.25, -0.2) is 9.18 Å². The number of halogens is 1. The van der Waals surface area contributed by atoms with Crippen LogP contribution in [0.3, 0.4) is 0 Å². The molecular weight excluding hydrogens is 370 g/mol. The van der Waals surface area contributed by atoms with E-state index in [0.717, 1.165) is 0 Å². The lowest BCUT2D eigenvalue weighted by molar-refractivity contribution is -0.0457. The second kappa shape index (κ2) is 7.70. The number of nitrogens with zero attached hydrogens (tertiary/aromatic N) is 2. The van der Waals surface area contributed by atoms with Gasteiger partial charge in [-0.05, 0) is 18.2 Å². The molecule has 8 nitrogen and oxygen atoms in total. The lowest BCUT2D eigenvalue weighted by Gasteiger charge is -2.13. The molecule has 0 bridgehead atoms. The van der Waals surface area contributed by atoms with E-state index in [1.54, 1.807) is 36.5 Å². The minimum absolute atomic E-state index is 0.0350. The van der Waals surface area contributed by atoms with Crippen LogP contribution in [0.5, 0.6) is 5.75 Å². The molecule has 4 rings (SSSR count). The average molecular weight is 389 g/mol. The number of rotatable bonds is 6. The van der Waals surface area contributed by atoms with Crippen molar-refractivity contribution in [2.75, 3.05) is 19.9 Å². The van der Waals surface area contributed by atoms with E-state index in [0.29, 0.717) is 22.5 Å². The number of furan rings is 1. The standard InChI is InChI=1S/C19H19FN2O6/c20-4-5-26-13-3-1-2-11(6-13)15-7-12-9-22(19(25)21-18(12)28-15)17-8-14(24)16(10-23)27-17/h1-3,6-7,9,14,16-17,23-24H,4-5,8,10H2/t14-,16+,17+/m0/s1/i20-1. The van der Waals surface area contributed by atoms with E-state index in [9.17, 15) is 19.4 Å². The molecule has 0 unspecified atom stereocenters. The van der Waals surface area contributed by atoms with Gasteiger partial charge < -0.3 is 24.1 Å². The van der Waals surface area contributed by atoms with E-state index in [2.05, 4.69) is 4.98 Å². The van der Waals surface area contributed by atoms with E-state index in [1.165, 1.54) is 4.57 Å². The highest BCUT2D eigenvalue weighted by Gasteiger charge is 2.35. The fourth-order valence-electron chi connectivity index (χ4n) is 3.22. The minimum Gasteiger partial charge on any atom is -0.491 e. The van der Waals surface area contributed by atoms with Crippen LogP contribution >= 0.6 is 0 Å². The maximum absolute atomic E-state index is 12.4. The molecule has 148 valence electrons. The van der Waals surface area contributed by atoms with E-state index >= 15 is 0 Å². The number of hydrogen-bond acceptors (Lipinski definition) is 7. The highest BCUT2D eigenvalue weighted by molar-refractivity contribution is 5.79. The van der Waals surface area contributed by atoms with Crippen LogP contribution in [0.15, 0.2) is 45.7 Å². The Labute approximate surface area is 158 Å². The first-order valence-electron chi connectivity index (χ1n) is 8.85. The van der Waals surface area contributed by atoms with Crippen LogP contribution in [0.4, 0.5) is 4.39 Å². The van der Waals surface area contributed by atoms with E-state index in [1.807, 2.05) is 0 Å². The number of aromatic nitrogens is 2. The quantitative estimate of drug-likeness (QED) is 0.660. The molecule has 0 spiro atoms. The zero-order valence-electron chi connectivity index (χ0n) is 14.8. The Kier molecular flexibility index (Phi) is 5.12. The third-order valence-corrected chi connectivity index (χ3v) is 4.60. The summed E-state index contributed by atoms with van der Waals surface area (Å²) in [5.74, 6) is 0.984. The first-order valence-corrected chi connectivity index (χ1v) is 8.85. The maximum atomic E-state index is 12.4. The van der Waals surface area contributed by atoms with Crippen molar-refractivity contribution >= 4 is 11.1 Å². The fraction of sp³-hybridized carbons (Fsp3) is 0.368. The second-order valence-electron chi connectivity index (χ2n) is 6.48. The zero-order chi connectivity index (χ0) is 19.7. The van der Waals surface area contributed by atoms with Crippen molar-refractivity contribution in [1.82, 2.24) is 9.55 Å². The van der Waals surface area contributed by atoms with Crippen LogP contribution in [-0.4, -0.2) is 51.9 Å². The summed E-state index contributed by atoms with van der Waals surface area (Å²) in [7, 11) is 0. The predicted octanol–water partition coefficient (Wildman–Crippen LogP) is 1.65. The third-order valence-electron chi connectivity index (χ3n) is 4.60. The molecule has 0 aliphatic carbocycles. The van der Waals surface area contributed by atoms with Crippen LogP contribution in [0.2, 0.25) is 0 Å². The lowest BCUT2D eigenvalue weighted by atomic mass is 10.1. The van der Waals surface area contributed by atoms with Gasteiger partial charge in [0.15, 0.2) is 0 Å². The summed E-state index contributed by atoms with van der Waals surface area (Å²) >= 11 is 0. The van der Waals surface area contributed by atoms with Gasteiger partial charge in [0, 0.05) is 18.2 Å². The Balaban J connectivity index is 1.66. The summed E-state index contributed by atoms with van der Waals surface area (Å²) < 4.78 is 30.1. The van der Waals surface area contributed by atoms with Crippen molar-refractivity contribution in [2.45, 2.75) is 24.9 Å². The number of alkyl halides is 1. The molecule has 1 aromatic carbocycles. The van der Waals surface area contributed by atoms with Gasteiger partial charge in [-0.15, -0.1) is 0 Å². The molecule has 1 aliphatic heterocycles. The first kappa shape index (κ1) is 18.6. The van der Waals surface area contributed by atoms with Gasteiger partial charge in [-0.1, -0.05) is 12.1 Å². The van der Waals surface area contributed by atoms with Crippen molar-refractivity contribution in [3.8, 4) is 17.1 Å². The van der Waals surface area contributed by atoms with E-state index < -0.39 is 30.8 Å². The Morgan fingerprint density at radius 2 is 2.21 bits per heavy atom. The van der Waals surface area contributed by atoms with Crippen LogP contribution in [0, 0.1) is 0 Å². The van der Waals surface area contributed by atoms with Crippen LogP contribution in [0.25, 0.3) is 22.4 Å². The average Bonchev–Trinajstić information content (AvgIpc) is 3.28. The molecule has 3 heterocycles. The largest absolute Gasteiger partial charge is 0.491 e. The maximum Gasteiger partial charge on any atom is 0.353 e. The molecular formula is C19H19FN2O6. The number of hydrogen-bond donors (Lipinski definition) is 2. The van der Waals surface area contributed by atoms with Crippen molar-refractivity contribution < 1.29 is 28.5 Å². The fourth-order valence-corrected chi connectivity index (χ4v) is 3.22. The summed E-state index contributed by atoms with van der Waals surface area (Å²) in [4.78, 5) is 16.3. The molecule has 1 saturated heterocycles. The van der Waals surface area contributed by atoms with Crippen LogP contribution in [-0.2, 0) is 4.74 Å². The van der Waals surface area contributed by atoms with Gasteiger partial charge in [0.25, 0.3) is 0 Å². The molecule has 2 aromatic heterocycles. The Morgan fingerprint density at radius 1 is 1.36 bits per heavy atom. The lowest BCUT2D eigenvalue weighted by Crippen LogP contribution is -2.27. The topological polar surface area (TPSA) is 107 Å². The van der Waals surface area contributed by atoms with Gasteiger partial charge in [0.2, 0.25) is 5.71 Å². The molecule has 2 N–H and O–H groups in total. The molecule has 0 saturated carbocycles. The number of aliphatic hydroxyl groups excluding tert-OH is 2. The van der Waals surface area contributed by atoms with E-state index in [4.69, 9.17) is 13.9 Å². The summed E-state index contributed by atoms with van der Waals surface area (Å²) in [5, 5.41) is 19.7. The summed E-state index contributed by atoms with van der Waals surface area (Å²) in [6.07, 6.45) is -0.577. The molecule has 1 aliphatic rings. The second-order valence-corrected chi connectivity index (χ2v) is 6.48. The summed E-state index contributed by atoms with van der Waals surface area (Å²) in [6.45, 7) is -0.953. The van der Waals surface area contributed by atoms with Gasteiger partial charge >= 0.3 is 5.69 Å². The molecule has 3 aromatic rings. The monoisotopic (exact) mass is 389 g/mol. The molecule has 0 radical (unpaired) electrons. The van der Waals surface area contributed by atoms with E-state index in [-0.39, 0.29) is 25.3 Å². The highest BCUT2D eigenvalue weighted by atomic mass is 18.2. The number of aliphatic hydroxyl groups is 2. The number of fused-ring (bicyclic) bond motifs is 1. The van der Waals surface area contributed by atoms with Crippen LogP contribution in [0.1, 0.15) is 12.6 Å². The molecule has 28 heavy (non-hydrogen) atoms. The molecule has 1 fully saturated rings. The SMILES string of the molecule is O=c1nc2oc(-c3cccc(OCC[18F])c3)cc2cn1[C@H]1C[C@H](O)[C@@H](CO)O1. The van der Waals surface area contributed by atoms with Gasteiger partial charge in [-0.2, -0.15) is 4.98 Å². The minimum atomic E-state index is -0.857. The van der Waals surface area contributed by atoms with Gasteiger partial charge in [0.1, 0.15) is 37.1 Å². The molecule has 9 heteroatoms. The molecule has 3 atom stereocenters. The normalized spacial score (nSPS) is 22.0. The van der Waals surface area contributed by atoms with Crippen LogP contribution < -0.4 is 10.4 Å². The van der Waals surface area contributed by atoms with Crippen molar-refractivity contribution in [1.29, 1.82) is 0 Å². The Hall–Kier alpha value is -2.75. The highest BCUT2D eigenvalue weighted by Crippen LogP contribution is 2.31. The number of ether oxygens (including phenoxy) is 2. The third kappa shape index (κ3) is 3.51. The van der Waals surface area contributed by atoms with Crippen molar-refractivity contribution in [2.24, 2.45) is 0 Å². The number of benzene rings is 1. The smallest absolute Gasteiger partial charge is 0.353 e.